The number of nitrogens with zero attached hydrogens (tertiary/aromatic N) is 2. The van der Waals surface area contributed by atoms with Crippen LogP contribution >= 0.6 is 0 Å². The first-order chi connectivity index (χ1) is 21.1. The molecule has 206 valence electrons. The van der Waals surface area contributed by atoms with Gasteiger partial charge in [0.05, 0.1) is 21.9 Å². The average molecular weight is 553 g/mol. The minimum Gasteiger partial charge on any atom is -0.313 e. The highest BCUT2D eigenvalue weighted by atomic mass is 14.9. The molecule has 7 rings (SSSR count). The summed E-state index contributed by atoms with van der Waals surface area (Å²) in [5, 5.41) is 4.69. The van der Waals surface area contributed by atoms with Crippen LogP contribution in [0.5, 0.6) is 0 Å². The molecule has 0 spiro atoms. The van der Waals surface area contributed by atoms with Crippen LogP contribution in [-0.2, 0) is 0 Å². The average Bonchev–Trinajstić information content (AvgIpc) is 3.50. The molecule has 0 saturated heterocycles. The molecule has 4 aromatic carbocycles. The lowest BCUT2D eigenvalue weighted by Crippen LogP contribution is -2.36. The summed E-state index contributed by atoms with van der Waals surface area (Å²) in [5.74, 6) is 0. The van der Waals surface area contributed by atoms with Crippen LogP contribution in [0, 0.1) is 6.92 Å². The van der Waals surface area contributed by atoms with Gasteiger partial charge in [-0.05, 0) is 93.3 Å². The highest BCUT2D eigenvalue weighted by Gasteiger charge is 2.15. The molecule has 0 fully saturated rings. The second-order valence-electron chi connectivity index (χ2n) is 11.1. The molecule has 0 radical (unpaired) electrons. The summed E-state index contributed by atoms with van der Waals surface area (Å²) in [6, 6.07) is 28.6. The van der Waals surface area contributed by atoms with E-state index in [2.05, 4.69) is 134 Å². The Balaban J connectivity index is 1.36. The molecule has 0 amide bonds. The van der Waals surface area contributed by atoms with Crippen molar-refractivity contribution in [1.29, 1.82) is 0 Å². The zero-order valence-corrected chi connectivity index (χ0v) is 24.4. The highest BCUT2D eigenvalue weighted by Crippen LogP contribution is 2.39. The summed E-state index contributed by atoms with van der Waals surface area (Å²) in [4.78, 5) is 5.15. The number of aromatic nitrogens is 2. The topological polar surface area (TPSA) is 17.3 Å². The number of benzene rings is 4. The van der Waals surface area contributed by atoms with Crippen LogP contribution in [0.15, 0.2) is 111 Å². The third kappa shape index (κ3) is 4.50. The maximum Gasteiger partial charge on any atom is 0.0950 e. The molecule has 2 heterocycles. The maximum atomic E-state index is 5.15. The van der Waals surface area contributed by atoms with Crippen LogP contribution in [0.1, 0.15) is 35.1 Å². The third-order valence-electron chi connectivity index (χ3n) is 8.48. The molecule has 1 aliphatic carbocycles. The van der Waals surface area contributed by atoms with E-state index in [-0.39, 0.29) is 0 Å². The molecule has 0 bridgehead atoms. The smallest absolute Gasteiger partial charge is 0.0950 e. The lowest BCUT2D eigenvalue weighted by Gasteiger charge is -2.17. The fourth-order valence-electron chi connectivity index (χ4n) is 6.43. The van der Waals surface area contributed by atoms with Gasteiger partial charge in [0.25, 0.3) is 0 Å². The second-order valence-corrected chi connectivity index (χ2v) is 11.1. The fourth-order valence-corrected chi connectivity index (χ4v) is 6.43. The van der Waals surface area contributed by atoms with Crippen molar-refractivity contribution in [2.45, 2.75) is 19.8 Å². The predicted octanol–water partition coefficient (Wildman–Crippen LogP) is 9.24. The molecule has 0 atom stereocenters. The van der Waals surface area contributed by atoms with Gasteiger partial charge in [-0.3, -0.25) is 0 Å². The molecule has 1 aliphatic rings. The van der Waals surface area contributed by atoms with Crippen molar-refractivity contribution >= 4 is 46.7 Å². The van der Waals surface area contributed by atoms with Crippen molar-refractivity contribution in [3.8, 4) is 33.5 Å². The van der Waals surface area contributed by atoms with Crippen molar-refractivity contribution in [2.24, 2.45) is 0 Å². The van der Waals surface area contributed by atoms with E-state index >= 15 is 0 Å². The van der Waals surface area contributed by atoms with Gasteiger partial charge in [0.15, 0.2) is 0 Å². The van der Waals surface area contributed by atoms with E-state index in [1.54, 1.807) is 0 Å². The summed E-state index contributed by atoms with van der Waals surface area (Å²) in [6.45, 7) is 14.0. The lowest BCUT2D eigenvalue weighted by atomic mass is 9.87. The minimum absolute atomic E-state index is 0.995. The van der Waals surface area contributed by atoms with Gasteiger partial charge in [-0.1, -0.05) is 111 Å². The molecule has 43 heavy (non-hydrogen) atoms. The Hall–Kier alpha value is -5.43. The Kier molecular flexibility index (Phi) is 6.62. The van der Waals surface area contributed by atoms with Crippen LogP contribution in [0.3, 0.4) is 0 Å². The van der Waals surface area contributed by atoms with Crippen LogP contribution in [-0.4, -0.2) is 9.38 Å². The first-order valence-corrected chi connectivity index (χ1v) is 14.7. The minimum atomic E-state index is 0.995. The van der Waals surface area contributed by atoms with Gasteiger partial charge in [0.1, 0.15) is 0 Å². The van der Waals surface area contributed by atoms with E-state index in [4.69, 9.17) is 4.98 Å². The van der Waals surface area contributed by atoms with Crippen molar-refractivity contribution in [2.75, 3.05) is 0 Å². The first kappa shape index (κ1) is 26.5. The van der Waals surface area contributed by atoms with Gasteiger partial charge in [-0.25, -0.2) is 4.98 Å². The molecule has 0 saturated carbocycles. The Labute approximate surface area is 252 Å². The standard InChI is InChI=1S/C41H32N2/c1-5-12-30-17-22-33(25-29(30)7-3)36-23-27(4)40(35-14-9-8-13-34(35)36)31-18-20-32(21-19-31)41-39-24-28(6-2)26-43(39)38-16-11-10-15-37(38)42-41/h6-9,12-26H,1-3,10-11H2,4H3. The number of fused-ring (bicyclic) bond motifs is 4. The Morgan fingerprint density at radius 2 is 1.53 bits per heavy atom. The van der Waals surface area contributed by atoms with Gasteiger partial charge >= 0.3 is 0 Å². The summed E-state index contributed by atoms with van der Waals surface area (Å²) in [7, 11) is 0. The fraction of sp³-hybridized carbons (Fsp3) is 0.0732. The molecule has 6 aromatic rings. The van der Waals surface area contributed by atoms with Gasteiger partial charge < -0.3 is 4.40 Å². The molecular weight excluding hydrogens is 520 g/mol. The zero-order chi connectivity index (χ0) is 29.5. The largest absolute Gasteiger partial charge is 0.313 e. The van der Waals surface area contributed by atoms with E-state index in [9.17, 15) is 0 Å². The van der Waals surface area contributed by atoms with E-state index in [0.717, 1.165) is 51.7 Å². The molecule has 0 N–H and O–H groups in total. The lowest BCUT2D eigenvalue weighted by molar-refractivity contribution is 0.991. The summed E-state index contributed by atoms with van der Waals surface area (Å²) in [5.41, 5.74) is 15.4. The first-order valence-electron chi connectivity index (χ1n) is 14.7. The molecule has 2 nitrogen and oxygen atoms in total. The van der Waals surface area contributed by atoms with Crippen LogP contribution in [0.2, 0.25) is 0 Å². The Morgan fingerprint density at radius 1 is 0.791 bits per heavy atom. The highest BCUT2D eigenvalue weighted by molar-refractivity contribution is 6.06. The van der Waals surface area contributed by atoms with E-state index in [0.29, 0.717) is 0 Å². The quantitative estimate of drug-likeness (QED) is 0.188. The van der Waals surface area contributed by atoms with Gasteiger partial charge in [0.2, 0.25) is 0 Å². The number of aryl methyl sites for hydroxylation is 1. The van der Waals surface area contributed by atoms with Crippen LogP contribution < -0.4 is 10.7 Å². The van der Waals surface area contributed by atoms with E-state index in [1.165, 1.54) is 43.9 Å². The van der Waals surface area contributed by atoms with Gasteiger partial charge in [-0.15, -0.1) is 5.73 Å². The normalized spacial score (nSPS) is 12.2. The third-order valence-corrected chi connectivity index (χ3v) is 8.48. The second kappa shape index (κ2) is 10.8. The number of rotatable bonds is 6. The van der Waals surface area contributed by atoms with E-state index < -0.39 is 0 Å². The van der Waals surface area contributed by atoms with Crippen molar-refractivity contribution in [3.63, 3.8) is 0 Å². The number of hydrogen-bond acceptors (Lipinski definition) is 1. The zero-order valence-electron chi connectivity index (χ0n) is 24.4. The Morgan fingerprint density at radius 3 is 2.30 bits per heavy atom. The molecule has 2 aromatic heterocycles. The maximum absolute atomic E-state index is 5.15. The van der Waals surface area contributed by atoms with E-state index in [1.807, 2.05) is 18.2 Å². The van der Waals surface area contributed by atoms with Gasteiger partial charge in [0, 0.05) is 11.8 Å². The molecule has 0 aliphatic heterocycles. The monoisotopic (exact) mass is 552 g/mol. The summed E-state index contributed by atoms with van der Waals surface area (Å²) < 4.78 is 2.27. The molecule has 0 unspecified atom stereocenters. The molecular formula is C41H32N2. The SMILES string of the molecule is C=C=Cc1ccc(-c2cc(C)c(-c3ccc(-c4nc5c(n6cc(C=C)cc46)=CCCC=5)cc3)c3ccccc23)cc1C=C. The van der Waals surface area contributed by atoms with Crippen molar-refractivity contribution in [1.82, 2.24) is 9.38 Å². The van der Waals surface area contributed by atoms with Crippen molar-refractivity contribution < 1.29 is 0 Å². The Bertz CT molecular complexity index is 2270. The van der Waals surface area contributed by atoms with Crippen LogP contribution in [0.25, 0.3) is 80.2 Å². The van der Waals surface area contributed by atoms with Gasteiger partial charge in [-0.2, -0.15) is 0 Å². The molecule has 2 heteroatoms. The number of hydrogen-bond donors (Lipinski definition) is 0. The summed E-state index contributed by atoms with van der Waals surface area (Å²) in [6.07, 6.45) is 14.5. The van der Waals surface area contributed by atoms with Crippen LogP contribution in [0.4, 0.5) is 0 Å². The predicted molar refractivity (Wildman–Crippen MR) is 185 cm³/mol. The summed E-state index contributed by atoms with van der Waals surface area (Å²) >= 11 is 0. The van der Waals surface area contributed by atoms with Crippen molar-refractivity contribution in [3.05, 3.63) is 143 Å².